The lowest BCUT2D eigenvalue weighted by Crippen LogP contribution is -2.36. The zero-order valence-corrected chi connectivity index (χ0v) is 10.6. The number of aliphatic hydroxyl groups is 1. The van der Waals surface area contributed by atoms with E-state index >= 15 is 0 Å². The first-order valence-corrected chi connectivity index (χ1v) is 5.63. The average Bonchev–Trinajstić information content (AvgIpc) is 2.32. The van der Waals surface area contributed by atoms with Gasteiger partial charge in [-0.25, -0.2) is 4.79 Å². The van der Waals surface area contributed by atoms with Gasteiger partial charge in [-0.15, -0.1) is 0 Å². The first-order chi connectivity index (χ1) is 9.30. The molecule has 0 atom stereocenters. The van der Waals surface area contributed by atoms with Gasteiger partial charge in [-0.05, 0) is 30.7 Å². The molecule has 1 rings (SSSR count). The molecule has 108 valence electrons. The van der Waals surface area contributed by atoms with Crippen molar-refractivity contribution in [3.05, 3.63) is 29.3 Å². The molecule has 2 amide bonds. The minimum absolute atomic E-state index is 0.303. The highest BCUT2D eigenvalue weighted by Gasteiger charge is 2.27. The zero-order chi connectivity index (χ0) is 15.2. The van der Waals surface area contributed by atoms with E-state index in [1.54, 1.807) is 24.4 Å². The lowest BCUT2D eigenvalue weighted by Gasteiger charge is -2.10. The molecule has 0 aromatic heterocycles. The Balaban J connectivity index is 2.72. The molecule has 0 aliphatic heterocycles. The number of urea groups is 1. The third-order valence-electron chi connectivity index (χ3n) is 2.10. The van der Waals surface area contributed by atoms with Crippen LogP contribution in [-0.2, 0) is 0 Å². The SMILES string of the molecule is Cc1cc(C#CCO)cc(NC(=O)NCC(F)(F)F)c1. The zero-order valence-electron chi connectivity index (χ0n) is 10.6. The highest BCUT2D eigenvalue weighted by molar-refractivity contribution is 5.89. The van der Waals surface area contributed by atoms with Crippen LogP contribution in [-0.4, -0.2) is 30.5 Å². The number of anilines is 1. The molecule has 0 bridgehead atoms. The van der Waals surface area contributed by atoms with Gasteiger partial charge in [0.25, 0.3) is 0 Å². The van der Waals surface area contributed by atoms with Crippen molar-refractivity contribution in [2.45, 2.75) is 13.1 Å². The molecule has 0 radical (unpaired) electrons. The Morgan fingerprint density at radius 1 is 1.35 bits per heavy atom. The Hall–Kier alpha value is -2.20. The Morgan fingerprint density at radius 3 is 2.65 bits per heavy atom. The second-order valence-corrected chi connectivity index (χ2v) is 3.97. The Bertz CT molecular complexity index is 545. The topological polar surface area (TPSA) is 61.4 Å². The van der Waals surface area contributed by atoms with Crippen LogP contribution in [0.15, 0.2) is 18.2 Å². The predicted molar refractivity (Wildman–Crippen MR) is 68.2 cm³/mol. The maximum Gasteiger partial charge on any atom is 0.405 e. The van der Waals surface area contributed by atoms with Crippen LogP contribution < -0.4 is 10.6 Å². The van der Waals surface area contributed by atoms with Gasteiger partial charge < -0.3 is 15.7 Å². The van der Waals surface area contributed by atoms with Crippen molar-refractivity contribution in [1.29, 1.82) is 0 Å². The van der Waals surface area contributed by atoms with Gasteiger partial charge in [-0.1, -0.05) is 11.8 Å². The number of aryl methyl sites for hydroxylation is 1. The third-order valence-corrected chi connectivity index (χ3v) is 2.10. The van der Waals surface area contributed by atoms with Crippen molar-refractivity contribution in [3.63, 3.8) is 0 Å². The fourth-order valence-electron chi connectivity index (χ4n) is 1.42. The van der Waals surface area contributed by atoms with E-state index in [1.807, 2.05) is 0 Å². The van der Waals surface area contributed by atoms with Crippen LogP contribution >= 0.6 is 0 Å². The standard InChI is InChI=1S/C13H13F3N2O2/c1-9-5-10(3-2-4-19)7-11(6-9)18-12(20)17-8-13(14,15)16/h5-7,19H,4,8H2,1H3,(H2,17,18,20). The van der Waals surface area contributed by atoms with Crippen LogP contribution in [0.2, 0.25) is 0 Å². The highest BCUT2D eigenvalue weighted by atomic mass is 19.4. The largest absolute Gasteiger partial charge is 0.405 e. The number of alkyl halides is 3. The van der Waals surface area contributed by atoms with E-state index in [4.69, 9.17) is 5.11 Å². The lowest BCUT2D eigenvalue weighted by atomic mass is 10.1. The summed E-state index contributed by atoms with van der Waals surface area (Å²) in [7, 11) is 0. The van der Waals surface area contributed by atoms with Gasteiger partial charge in [0.2, 0.25) is 0 Å². The van der Waals surface area contributed by atoms with Gasteiger partial charge in [-0.3, -0.25) is 0 Å². The van der Waals surface area contributed by atoms with E-state index in [-0.39, 0.29) is 6.61 Å². The number of amides is 2. The smallest absolute Gasteiger partial charge is 0.384 e. The summed E-state index contributed by atoms with van der Waals surface area (Å²) in [6.07, 6.45) is -4.46. The molecular weight excluding hydrogens is 273 g/mol. The highest BCUT2D eigenvalue weighted by Crippen LogP contribution is 2.15. The second-order valence-electron chi connectivity index (χ2n) is 3.97. The normalized spacial score (nSPS) is 10.4. The molecule has 1 aromatic carbocycles. The van der Waals surface area contributed by atoms with Crippen LogP contribution in [0, 0.1) is 18.8 Å². The molecule has 0 aliphatic carbocycles. The molecule has 0 unspecified atom stereocenters. The summed E-state index contributed by atoms with van der Waals surface area (Å²) in [5, 5.41) is 12.6. The van der Waals surface area contributed by atoms with Crippen LogP contribution in [0.3, 0.4) is 0 Å². The van der Waals surface area contributed by atoms with Crippen LogP contribution in [0.5, 0.6) is 0 Å². The van der Waals surface area contributed by atoms with Gasteiger partial charge in [0.15, 0.2) is 0 Å². The molecule has 3 N–H and O–H groups in total. The van der Waals surface area contributed by atoms with Gasteiger partial charge in [0.05, 0.1) is 0 Å². The van der Waals surface area contributed by atoms with Crippen molar-refractivity contribution in [1.82, 2.24) is 5.32 Å². The Kier molecular flexibility index (Phi) is 5.41. The van der Waals surface area contributed by atoms with E-state index < -0.39 is 18.8 Å². The monoisotopic (exact) mass is 286 g/mol. The molecule has 0 saturated heterocycles. The summed E-state index contributed by atoms with van der Waals surface area (Å²) in [5.74, 6) is 5.10. The van der Waals surface area contributed by atoms with Crippen LogP contribution in [0.4, 0.5) is 23.7 Å². The first-order valence-electron chi connectivity index (χ1n) is 5.63. The van der Waals surface area contributed by atoms with Gasteiger partial charge in [0, 0.05) is 11.3 Å². The van der Waals surface area contributed by atoms with Crippen LogP contribution in [0.1, 0.15) is 11.1 Å². The van der Waals surface area contributed by atoms with E-state index in [0.717, 1.165) is 5.56 Å². The fraction of sp³-hybridized carbons (Fsp3) is 0.308. The number of nitrogens with one attached hydrogen (secondary N) is 2. The molecular formula is C13H13F3N2O2. The number of carbonyl (C=O) groups is 1. The minimum atomic E-state index is -4.46. The maximum atomic E-state index is 11.9. The summed E-state index contributed by atoms with van der Waals surface area (Å²) in [5.41, 5.74) is 1.65. The van der Waals surface area contributed by atoms with E-state index in [1.165, 1.54) is 6.07 Å². The minimum Gasteiger partial charge on any atom is -0.384 e. The number of carbonyl (C=O) groups excluding carboxylic acids is 1. The first kappa shape index (κ1) is 15.9. The van der Waals surface area contributed by atoms with E-state index in [9.17, 15) is 18.0 Å². The van der Waals surface area contributed by atoms with Gasteiger partial charge in [-0.2, -0.15) is 13.2 Å². The third kappa shape index (κ3) is 6.11. The Morgan fingerprint density at radius 2 is 2.05 bits per heavy atom. The van der Waals surface area contributed by atoms with Crippen molar-refractivity contribution in [2.24, 2.45) is 0 Å². The fourth-order valence-corrected chi connectivity index (χ4v) is 1.42. The van der Waals surface area contributed by atoms with Crippen molar-refractivity contribution < 1.29 is 23.1 Å². The molecule has 20 heavy (non-hydrogen) atoms. The summed E-state index contributed by atoms with van der Waals surface area (Å²) in [6, 6.07) is 3.87. The van der Waals surface area contributed by atoms with Gasteiger partial charge >= 0.3 is 12.2 Å². The molecule has 0 fully saturated rings. The number of halogens is 3. The summed E-state index contributed by atoms with van der Waals surface area (Å²) in [6.45, 7) is 0.0491. The van der Waals surface area contributed by atoms with Crippen molar-refractivity contribution in [3.8, 4) is 11.8 Å². The summed E-state index contributed by atoms with van der Waals surface area (Å²) in [4.78, 5) is 11.3. The average molecular weight is 286 g/mol. The number of aliphatic hydroxyl groups excluding tert-OH is 1. The molecule has 0 saturated carbocycles. The molecule has 0 spiro atoms. The summed E-state index contributed by atoms with van der Waals surface area (Å²) >= 11 is 0. The number of hydrogen-bond acceptors (Lipinski definition) is 2. The van der Waals surface area contributed by atoms with E-state index in [0.29, 0.717) is 11.3 Å². The summed E-state index contributed by atoms with van der Waals surface area (Å²) < 4.78 is 35.8. The molecule has 4 nitrogen and oxygen atoms in total. The second kappa shape index (κ2) is 6.82. The molecule has 7 heteroatoms. The van der Waals surface area contributed by atoms with E-state index in [2.05, 4.69) is 17.2 Å². The molecule has 0 heterocycles. The number of rotatable bonds is 2. The molecule has 0 aliphatic rings. The lowest BCUT2D eigenvalue weighted by molar-refractivity contribution is -0.122. The number of hydrogen-bond donors (Lipinski definition) is 3. The number of benzene rings is 1. The predicted octanol–water partition coefficient (Wildman–Crippen LogP) is 2.02. The van der Waals surface area contributed by atoms with Gasteiger partial charge in [0.1, 0.15) is 13.2 Å². The van der Waals surface area contributed by atoms with Crippen LogP contribution in [0.25, 0.3) is 0 Å². The quantitative estimate of drug-likeness (QED) is 0.728. The maximum absolute atomic E-state index is 11.9. The van der Waals surface area contributed by atoms with Crippen molar-refractivity contribution in [2.75, 3.05) is 18.5 Å². The Labute approximate surface area is 114 Å². The van der Waals surface area contributed by atoms with Crippen molar-refractivity contribution >= 4 is 11.7 Å². The molecule has 1 aromatic rings.